The summed E-state index contributed by atoms with van der Waals surface area (Å²) in [5.41, 5.74) is 1.75. The van der Waals surface area contributed by atoms with Crippen molar-refractivity contribution in [2.75, 3.05) is 14.1 Å². The van der Waals surface area contributed by atoms with Gasteiger partial charge in [0, 0.05) is 7.05 Å². The molecule has 21 heavy (non-hydrogen) atoms. The molecule has 1 heterocycles. The summed E-state index contributed by atoms with van der Waals surface area (Å²) in [4.78, 5) is 15.2. The molecule has 1 aromatic heterocycles. The fourth-order valence-electron chi connectivity index (χ4n) is 3.44. The summed E-state index contributed by atoms with van der Waals surface area (Å²) in [6.45, 7) is 2.08. The highest BCUT2D eigenvalue weighted by molar-refractivity contribution is 9.10. The lowest BCUT2D eigenvalue weighted by Gasteiger charge is -2.41. The van der Waals surface area contributed by atoms with Crippen LogP contribution in [0.4, 0.5) is 0 Å². The van der Waals surface area contributed by atoms with Gasteiger partial charge in [0.2, 0.25) is 0 Å². The van der Waals surface area contributed by atoms with Gasteiger partial charge in [-0.3, -0.25) is 14.4 Å². The Balaban J connectivity index is 2.25. The first kappa shape index (κ1) is 16.7. The molecule has 1 fully saturated rings. The van der Waals surface area contributed by atoms with Gasteiger partial charge in [-0.2, -0.15) is 5.10 Å². The van der Waals surface area contributed by atoms with Crippen LogP contribution in [0.25, 0.3) is 0 Å². The van der Waals surface area contributed by atoms with Crippen LogP contribution in [0.3, 0.4) is 0 Å². The number of ketones is 1. The number of aryl methyl sites for hydroxylation is 2. The Bertz CT molecular complexity index is 516. The summed E-state index contributed by atoms with van der Waals surface area (Å²) >= 11 is 3.62. The molecule has 0 N–H and O–H groups in total. The Kier molecular flexibility index (Phi) is 5.25. The highest BCUT2D eigenvalue weighted by atomic mass is 79.9. The molecule has 0 bridgehead atoms. The van der Waals surface area contributed by atoms with Crippen LogP contribution in [0.2, 0.25) is 0 Å². The van der Waals surface area contributed by atoms with E-state index in [-0.39, 0.29) is 5.54 Å². The molecule has 0 aromatic carbocycles. The molecule has 1 aliphatic carbocycles. The first-order valence-corrected chi connectivity index (χ1v) is 8.62. The van der Waals surface area contributed by atoms with E-state index in [1.165, 1.54) is 6.42 Å². The van der Waals surface area contributed by atoms with Gasteiger partial charge in [0.15, 0.2) is 5.78 Å². The van der Waals surface area contributed by atoms with Crippen LogP contribution >= 0.6 is 15.9 Å². The van der Waals surface area contributed by atoms with Crippen molar-refractivity contribution in [2.24, 2.45) is 7.05 Å². The Hall–Kier alpha value is -0.680. The minimum Gasteiger partial charge on any atom is -0.297 e. The van der Waals surface area contributed by atoms with Gasteiger partial charge in [-0.1, -0.05) is 26.2 Å². The largest absolute Gasteiger partial charge is 0.297 e. The van der Waals surface area contributed by atoms with Crippen LogP contribution in [-0.2, 0) is 24.7 Å². The van der Waals surface area contributed by atoms with E-state index in [0.29, 0.717) is 12.2 Å². The van der Waals surface area contributed by atoms with E-state index in [1.807, 2.05) is 25.8 Å². The normalized spacial score (nSPS) is 18.2. The van der Waals surface area contributed by atoms with Crippen molar-refractivity contribution in [1.82, 2.24) is 14.7 Å². The third-order valence-corrected chi connectivity index (χ3v) is 5.80. The lowest BCUT2D eigenvalue weighted by atomic mass is 9.76. The van der Waals surface area contributed by atoms with Crippen LogP contribution in [0.1, 0.15) is 50.4 Å². The monoisotopic (exact) mass is 355 g/mol. The molecule has 0 atom stereocenters. The summed E-state index contributed by atoms with van der Waals surface area (Å²) in [7, 11) is 6.01. The number of carbonyl (C=O) groups excluding carboxylic acids is 1. The fourth-order valence-corrected chi connectivity index (χ4v) is 4.20. The van der Waals surface area contributed by atoms with E-state index in [1.54, 1.807) is 0 Å². The van der Waals surface area contributed by atoms with Crippen LogP contribution in [0.5, 0.6) is 0 Å². The summed E-state index contributed by atoms with van der Waals surface area (Å²) in [6, 6.07) is 0. The summed E-state index contributed by atoms with van der Waals surface area (Å²) in [5, 5.41) is 4.50. The molecule has 0 aliphatic heterocycles. The lowest BCUT2D eigenvalue weighted by Crippen LogP contribution is -2.53. The van der Waals surface area contributed by atoms with Crippen molar-refractivity contribution in [1.29, 1.82) is 0 Å². The van der Waals surface area contributed by atoms with Crippen LogP contribution < -0.4 is 0 Å². The standard InChI is InChI=1S/C16H26BrN3O/c1-5-12-15(17)13(20(4)18-12)11-14(21)16(19(2)3)9-7-6-8-10-16/h5-11H2,1-4H3. The molecule has 0 spiro atoms. The molecule has 0 unspecified atom stereocenters. The van der Waals surface area contributed by atoms with Crippen LogP contribution in [0, 0.1) is 0 Å². The zero-order chi connectivity index (χ0) is 15.6. The average Bonchev–Trinajstić information content (AvgIpc) is 2.75. The van der Waals surface area contributed by atoms with Crippen molar-refractivity contribution < 1.29 is 4.79 Å². The smallest absolute Gasteiger partial charge is 0.159 e. The van der Waals surface area contributed by atoms with E-state index in [4.69, 9.17) is 0 Å². The van der Waals surface area contributed by atoms with Gasteiger partial charge in [-0.15, -0.1) is 0 Å². The van der Waals surface area contributed by atoms with Crippen LogP contribution in [0.15, 0.2) is 4.47 Å². The maximum Gasteiger partial charge on any atom is 0.159 e. The predicted molar refractivity (Wildman–Crippen MR) is 88.5 cm³/mol. The quantitative estimate of drug-likeness (QED) is 0.814. The lowest BCUT2D eigenvalue weighted by molar-refractivity contribution is -0.131. The molecule has 4 nitrogen and oxygen atoms in total. The van der Waals surface area contributed by atoms with Gasteiger partial charge in [-0.05, 0) is 49.3 Å². The molecule has 0 amide bonds. The number of carbonyl (C=O) groups is 1. The molecule has 1 aromatic rings. The minimum atomic E-state index is -0.283. The second kappa shape index (κ2) is 6.61. The second-order valence-corrected chi connectivity index (χ2v) is 7.06. The molecule has 2 rings (SSSR count). The molecule has 1 aliphatic rings. The number of halogens is 1. The molecular formula is C16H26BrN3O. The first-order valence-electron chi connectivity index (χ1n) is 7.83. The van der Waals surface area contributed by atoms with Gasteiger partial charge in [0.1, 0.15) is 0 Å². The van der Waals surface area contributed by atoms with Crippen molar-refractivity contribution >= 4 is 21.7 Å². The highest BCUT2D eigenvalue weighted by Crippen LogP contribution is 2.35. The number of aromatic nitrogens is 2. The maximum absolute atomic E-state index is 13.0. The molecule has 1 saturated carbocycles. The number of nitrogens with zero attached hydrogens (tertiary/aromatic N) is 3. The van der Waals surface area contributed by atoms with E-state index in [0.717, 1.165) is 48.0 Å². The summed E-state index contributed by atoms with van der Waals surface area (Å²) < 4.78 is 2.86. The maximum atomic E-state index is 13.0. The van der Waals surface area contributed by atoms with Gasteiger partial charge < -0.3 is 0 Å². The zero-order valence-corrected chi connectivity index (χ0v) is 15.2. The van der Waals surface area contributed by atoms with Gasteiger partial charge in [0.25, 0.3) is 0 Å². The van der Waals surface area contributed by atoms with E-state index in [2.05, 4.69) is 32.9 Å². The Morgan fingerprint density at radius 3 is 2.43 bits per heavy atom. The van der Waals surface area contributed by atoms with Crippen molar-refractivity contribution in [3.63, 3.8) is 0 Å². The van der Waals surface area contributed by atoms with Crippen molar-refractivity contribution in [3.8, 4) is 0 Å². The number of Topliss-reactive ketones (excluding diaryl/α,β-unsaturated/α-hetero) is 1. The third-order valence-electron chi connectivity index (χ3n) is 4.89. The number of rotatable bonds is 5. The number of likely N-dealkylation sites (N-methyl/N-ethyl adjacent to an activating group) is 1. The average molecular weight is 356 g/mol. The third kappa shape index (κ3) is 3.09. The van der Waals surface area contributed by atoms with Crippen LogP contribution in [-0.4, -0.2) is 40.1 Å². The first-order chi connectivity index (χ1) is 9.92. The van der Waals surface area contributed by atoms with Gasteiger partial charge in [-0.25, -0.2) is 0 Å². The van der Waals surface area contributed by atoms with Crippen molar-refractivity contribution in [3.05, 3.63) is 15.9 Å². The fraction of sp³-hybridized carbons (Fsp3) is 0.750. The van der Waals surface area contributed by atoms with Gasteiger partial charge >= 0.3 is 0 Å². The van der Waals surface area contributed by atoms with E-state index in [9.17, 15) is 4.79 Å². The van der Waals surface area contributed by atoms with Crippen molar-refractivity contribution in [2.45, 2.75) is 57.4 Å². The molecule has 0 saturated heterocycles. The minimum absolute atomic E-state index is 0.283. The summed E-state index contributed by atoms with van der Waals surface area (Å²) in [5.74, 6) is 0.332. The second-order valence-electron chi connectivity index (χ2n) is 6.27. The Morgan fingerprint density at radius 2 is 1.95 bits per heavy atom. The van der Waals surface area contributed by atoms with Gasteiger partial charge in [0.05, 0.1) is 27.8 Å². The Morgan fingerprint density at radius 1 is 1.33 bits per heavy atom. The summed E-state index contributed by atoms with van der Waals surface area (Å²) in [6.07, 6.45) is 6.85. The molecular weight excluding hydrogens is 330 g/mol. The number of hydrogen-bond donors (Lipinski definition) is 0. The highest BCUT2D eigenvalue weighted by Gasteiger charge is 2.41. The Labute approximate surface area is 136 Å². The predicted octanol–water partition coefficient (Wildman–Crippen LogP) is 3.12. The van der Waals surface area contributed by atoms with E-state index < -0.39 is 0 Å². The van der Waals surface area contributed by atoms with E-state index >= 15 is 0 Å². The zero-order valence-electron chi connectivity index (χ0n) is 13.6. The number of hydrogen-bond acceptors (Lipinski definition) is 3. The molecule has 5 heteroatoms. The molecule has 0 radical (unpaired) electrons. The topological polar surface area (TPSA) is 38.1 Å². The SMILES string of the molecule is CCc1nn(C)c(CC(=O)C2(N(C)C)CCCCC2)c1Br. The molecule has 118 valence electrons.